The van der Waals surface area contributed by atoms with Crippen LogP contribution in [-0.2, 0) is 9.53 Å². The molecule has 0 aromatic heterocycles. The van der Waals surface area contributed by atoms with E-state index in [4.69, 9.17) is 10.5 Å². The van der Waals surface area contributed by atoms with Crippen LogP contribution in [0.5, 0.6) is 0 Å². The minimum atomic E-state index is -0.634. The molecule has 1 rings (SSSR count). The predicted octanol–water partition coefficient (Wildman–Crippen LogP) is 0.729. The third kappa shape index (κ3) is 4.75. The highest BCUT2D eigenvalue weighted by atomic mass is 16.5. The molecule has 3 N–H and O–H groups in total. The van der Waals surface area contributed by atoms with Crippen molar-refractivity contribution < 1.29 is 9.53 Å². The fourth-order valence-electron chi connectivity index (χ4n) is 2.80. The summed E-state index contributed by atoms with van der Waals surface area (Å²) >= 11 is 0. The summed E-state index contributed by atoms with van der Waals surface area (Å²) in [6.07, 6.45) is 2.02. The van der Waals surface area contributed by atoms with E-state index < -0.39 is 5.54 Å². The topological polar surface area (TPSA) is 67.6 Å². The van der Waals surface area contributed by atoms with E-state index in [1.807, 2.05) is 13.8 Å². The fraction of sp³-hybridized carbons (Fsp3) is 0.929. The number of amides is 1. The van der Waals surface area contributed by atoms with Gasteiger partial charge in [-0.3, -0.25) is 9.69 Å². The number of rotatable bonds is 6. The lowest BCUT2D eigenvalue weighted by atomic mass is 9.91. The quantitative estimate of drug-likeness (QED) is 0.747. The van der Waals surface area contributed by atoms with Crippen molar-refractivity contribution in [2.45, 2.75) is 58.2 Å². The molecular formula is C14H29N3O2. The van der Waals surface area contributed by atoms with E-state index in [0.717, 1.165) is 39.1 Å². The van der Waals surface area contributed by atoms with Crippen molar-refractivity contribution in [3.8, 4) is 0 Å². The average Bonchev–Trinajstić information content (AvgIpc) is 2.54. The second-order valence-corrected chi connectivity index (χ2v) is 5.81. The molecule has 0 saturated carbocycles. The molecule has 0 radical (unpaired) electrons. The van der Waals surface area contributed by atoms with Gasteiger partial charge < -0.3 is 15.8 Å². The summed E-state index contributed by atoms with van der Waals surface area (Å²) in [6, 6.07) is 0.306. The Labute approximate surface area is 116 Å². The lowest BCUT2D eigenvalue weighted by Crippen LogP contribution is -2.56. The van der Waals surface area contributed by atoms with Gasteiger partial charge in [0, 0.05) is 25.7 Å². The van der Waals surface area contributed by atoms with E-state index in [1.165, 1.54) is 0 Å². The molecule has 3 unspecified atom stereocenters. The smallest absolute Gasteiger partial charge is 0.237 e. The molecular weight excluding hydrogens is 242 g/mol. The van der Waals surface area contributed by atoms with Crippen molar-refractivity contribution in [3.05, 3.63) is 0 Å². The summed E-state index contributed by atoms with van der Waals surface area (Å²) in [5, 5.41) is 3.22. The Hall–Kier alpha value is -0.650. The van der Waals surface area contributed by atoms with Gasteiger partial charge in [0.1, 0.15) is 0 Å². The van der Waals surface area contributed by atoms with Gasteiger partial charge in [-0.25, -0.2) is 0 Å². The van der Waals surface area contributed by atoms with Gasteiger partial charge in [-0.15, -0.1) is 0 Å². The number of nitrogens with one attached hydrogen (secondary N) is 1. The van der Waals surface area contributed by atoms with Crippen LogP contribution < -0.4 is 11.1 Å². The molecule has 19 heavy (non-hydrogen) atoms. The summed E-state index contributed by atoms with van der Waals surface area (Å²) in [6.45, 7) is 11.7. The molecule has 1 aliphatic heterocycles. The van der Waals surface area contributed by atoms with Gasteiger partial charge in [-0.2, -0.15) is 0 Å². The Bertz CT molecular complexity index is 298. The average molecular weight is 271 g/mol. The Balaban J connectivity index is 2.64. The van der Waals surface area contributed by atoms with Crippen molar-refractivity contribution in [3.63, 3.8) is 0 Å². The lowest BCUT2D eigenvalue weighted by molar-refractivity contribution is -0.124. The first-order chi connectivity index (χ1) is 8.89. The number of ether oxygens (including phenoxy) is 1. The Morgan fingerprint density at radius 1 is 1.63 bits per heavy atom. The number of carbonyl (C=O) groups is 1. The van der Waals surface area contributed by atoms with E-state index in [-0.39, 0.29) is 12.0 Å². The van der Waals surface area contributed by atoms with Gasteiger partial charge in [0.25, 0.3) is 0 Å². The third-order valence-electron chi connectivity index (χ3n) is 3.92. The molecule has 0 aromatic rings. The van der Waals surface area contributed by atoms with Crippen LogP contribution in [0.4, 0.5) is 0 Å². The second-order valence-electron chi connectivity index (χ2n) is 5.81. The predicted molar refractivity (Wildman–Crippen MR) is 77.0 cm³/mol. The fourth-order valence-corrected chi connectivity index (χ4v) is 2.80. The largest absolute Gasteiger partial charge is 0.377 e. The molecule has 0 aliphatic carbocycles. The minimum Gasteiger partial charge on any atom is -0.377 e. The molecule has 0 spiro atoms. The summed E-state index contributed by atoms with van der Waals surface area (Å²) in [4.78, 5) is 14.1. The summed E-state index contributed by atoms with van der Waals surface area (Å²) in [7, 11) is 0. The van der Waals surface area contributed by atoms with Gasteiger partial charge in [0.2, 0.25) is 5.91 Å². The number of nitrogens with zero attached hydrogens (tertiary/aromatic N) is 1. The maximum absolute atomic E-state index is 11.7. The lowest BCUT2D eigenvalue weighted by Gasteiger charge is -2.35. The third-order valence-corrected chi connectivity index (χ3v) is 3.92. The highest BCUT2D eigenvalue weighted by Gasteiger charge is 2.34. The normalized spacial score (nSPS) is 26.4. The Kier molecular flexibility index (Phi) is 6.23. The van der Waals surface area contributed by atoms with Crippen LogP contribution >= 0.6 is 0 Å². The van der Waals surface area contributed by atoms with Crippen LogP contribution in [0.2, 0.25) is 0 Å². The standard InChI is InChI=1S/C14H29N3O2/c1-5-16-14(4,13(15)18)9-11(2)17-7-6-8-19-12(3)10-17/h11-12,16H,5-10H2,1-4H3,(H2,15,18). The molecule has 1 heterocycles. The van der Waals surface area contributed by atoms with E-state index in [2.05, 4.69) is 24.1 Å². The number of likely N-dealkylation sites (N-methyl/N-ethyl adjacent to an activating group) is 1. The monoisotopic (exact) mass is 271 g/mol. The molecule has 3 atom stereocenters. The number of hydrogen-bond acceptors (Lipinski definition) is 4. The van der Waals surface area contributed by atoms with Crippen LogP contribution in [0, 0.1) is 0 Å². The van der Waals surface area contributed by atoms with Crippen LogP contribution in [0.3, 0.4) is 0 Å². The van der Waals surface area contributed by atoms with E-state index >= 15 is 0 Å². The molecule has 0 aromatic carbocycles. The van der Waals surface area contributed by atoms with Crippen molar-refractivity contribution in [2.24, 2.45) is 5.73 Å². The van der Waals surface area contributed by atoms with Crippen molar-refractivity contribution >= 4 is 5.91 Å². The second kappa shape index (κ2) is 7.22. The zero-order chi connectivity index (χ0) is 14.5. The first kappa shape index (κ1) is 16.4. The molecule has 1 fully saturated rings. The number of nitrogens with two attached hydrogens (primary N) is 1. The maximum atomic E-state index is 11.7. The summed E-state index contributed by atoms with van der Waals surface area (Å²) < 4.78 is 5.66. The summed E-state index contributed by atoms with van der Waals surface area (Å²) in [5.41, 5.74) is 4.91. The van der Waals surface area contributed by atoms with Gasteiger partial charge in [-0.1, -0.05) is 6.92 Å². The first-order valence-corrected chi connectivity index (χ1v) is 7.29. The number of carbonyl (C=O) groups excluding carboxylic acids is 1. The van der Waals surface area contributed by atoms with Gasteiger partial charge in [-0.05, 0) is 40.2 Å². The van der Waals surface area contributed by atoms with Gasteiger partial charge in [0.05, 0.1) is 11.6 Å². The van der Waals surface area contributed by atoms with Gasteiger partial charge >= 0.3 is 0 Å². The molecule has 1 saturated heterocycles. The zero-order valence-corrected chi connectivity index (χ0v) is 12.7. The maximum Gasteiger partial charge on any atom is 0.237 e. The van der Waals surface area contributed by atoms with Crippen LogP contribution in [-0.4, -0.2) is 54.7 Å². The molecule has 0 bridgehead atoms. The Morgan fingerprint density at radius 3 is 2.89 bits per heavy atom. The van der Waals surface area contributed by atoms with Crippen LogP contribution in [0.1, 0.15) is 40.5 Å². The SMILES string of the molecule is CCNC(C)(CC(C)N1CCCOC(C)C1)C(N)=O. The van der Waals surface area contributed by atoms with Crippen molar-refractivity contribution in [1.82, 2.24) is 10.2 Å². The highest BCUT2D eigenvalue weighted by Crippen LogP contribution is 2.18. The highest BCUT2D eigenvalue weighted by molar-refractivity contribution is 5.84. The zero-order valence-electron chi connectivity index (χ0n) is 12.7. The molecule has 1 aliphatic rings. The van der Waals surface area contributed by atoms with E-state index in [9.17, 15) is 4.79 Å². The van der Waals surface area contributed by atoms with E-state index in [1.54, 1.807) is 0 Å². The Morgan fingerprint density at radius 2 is 2.32 bits per heavy atom. The summed E-state index contributed by atoms with van der Waals surface area (Å²) in [5.74, 6) is -0.277. The van der Waals surface area contributed by atoms with Crippen molar-refractivity contribution in [2.75, 3.05) is 26.2 Å². The molecule has 1 amide bonds. The molecule has 5 heteroatoms. The number of hydrogen-bond donors (Lipinski definition) is 2. The van der Waals surface area contributed by atoms with Gasteiger partial charge in [0.15, 0.2) is 0 Å². The van der Waals surface area contributed by atoms with Crippen LogP contribution in [0.25, 0.3) is 0 Å². The first-order valence-electron chi connectivity index (χ1n) is 7.29. The minimum absolute atomic E-state index is 0.254. The molecule has 5 nitrogen and oxygen atoms in total. The van der Waals surface area contributed by atoms with E-state index in [0.29, 0.717) is 6.04 Å². The molecule has 112 valence electrons. The van der Waals surface area contributed by atoms with Crippen molar-refractivity contribution in [1.29, 1.82) is 0 Å². The van der Waals surface area contributed by atoms with Crippen LogP contribution in [0.15, 0.2) is 0 Å². The number of primary amides is 1.